The highest BCUT2D eigenvalue weighted by atomic mass is 16.4. The van der Waals surface area contributed by atoms with Crippen molar-refractivity contribution >= 4 is 11.9 Å². The molecule has 0 bridgehead atoms. The molecule has 2 aliphatic rings. The zero-order chi connectivity index (χ0) is 47.9. The SMILES string of the molecule is C1CC(C2CC[NH2+]CC2)CC[NH2+]1.CCCCCCCCCCCCC#CC#CCCCCCCCCC(=O)[O-].CCCCCCCCCCCCC#CC#CCCCCCCCCC(=O)[O-]. The second-order valence-electron chi connectivity index (χ2n) is 19.5. The summed E-state index contributed by atoms with van der Waals surface area (Å²) >= 11 is 0. The van der Waals surface area contributed by atoms with E-state index in [2.05, 4.69) is 71.8 Å². The van der Waals surface area contributed by atoms with Gasteiger partial charge in [0.25, 0.3) is 0 Å². The number of quaternary nitrogens is 2. The Morgan fingerprint density at radius 3 is 0.788 bits per heavy atom. The Morgan fingerprint density at radius 1 is 0.348 bits per heavy atom. The van der Waals surface area contributed by atoms with Crippen LogP contribution in [0.25, 0.3) is 0 Å². The summed E-state index contributed by atoms with van der Waals surface area (Å²) < 4.78 is 0. The Morgan fingerprint density at radius 2 is 0.561 bits per heavy atom. The van der Waals surface area contributed by atoms with Gasteiger partial charge in [0.05, 0.1) is 26.2 Å². The van der Waals surface area contributed by atoms with Crippen LogP contribution in [0.2, 0.25) is 0 Å². The second kappa shape index (κ2) is 54.7. The molecule has 2 heterocycles. The third-order valence-electron chi connectivity index (χ3n) is 13.3. The van der Waals surface area contributed by atoms with Crippen molar-refractivity contribution in [3.05, 3.63) is 0 Å². The third-order valence-corrected chi connectivity index (χ3v) is 13.3. The summed E-state index contributed by atoms with van der Waals surface area (Å²) in [5, 5.41) is 25.5. The summed E-state index contributed by atoms with van der Waals surface area (Å²) in [6.45, 7) is 10.1. The fourth-order valence-corrected chi connectivity index (χ4v) is 9.06. The minimum atomic E-state index is -0.931. The Hall–Kier alpha value is -2.90. The summed E-state index contributed by atoms with van der Waals surface area (Å²) in [5.74, 6) is 24.8. The van der Waals surface area contributed by atoms with Gasteiger partial charge in [0.1, 0.15) is 0 Å². The van der Waals surface area contributed by atoms with Gasteiger partial charge < -0.3 is 30.4 Å². The number of carbonyl (C=O) groups excluding carboxylic acids is 2. The molecule has 6 heteroatoms. The predicted molar refractivity (Wildman–Crippen MR) is 277 cm³/mol. The highest BCUT2D eigenvalue weighted by Gasteiger charge is 2.27. The Balaban J connectivity index is 0.00000102. The van der Waals surface area contributed by atoms with Crippen LogP contribution in [0.3, 0.4) is 0 Å². The lowest BCUT2D eigenvalue weighted by molar-refractivity contribution is -0.672. The summed E-state index contributed by atoms with van der Waals surface area (Å²) in [4.78, 5) is 20.5. The molecule has 4 N–H and O–H groups in total. The Labute approximate surface area is 409 Å². The lowest BCUT2D eigenvalue weighted by Crippen LogP contribution is -2.88. The van der Waals surface area contributed by atoms with Gasteiger partial charge in [-0.15, -0.1) is 0 Å². The van der Waals surface area contributed by atoms with Gasteiger partial charge >= 0.3 is 0 Å². The number of unbranched alkanes of at least 4 members (excludes halogenated alkanes) is 32. The summed E-state index contributed by atoms with van der Waals surface area (Å²) in [5.41, 5.74) is 0. The molecule has 2 aliphatic heterocycles. The number of nitrogens with two attached hydrogens (primary N) is 2. The van der Waals surface area contributed by atoms with Crippen molar-refractivity contribution in [3.8, 4) is 47.4 Å². The van der Waals surface area contributed by atoms with Crippen LogP contribution in [0.4, 0.5) is 0 Å². The molecule has 2 saturated heterocycles. The van der Waals surface area contributed by atoms with E-state index in [1.54, 1.807) is 0 Å². The predicted octanol–water partition coefficient (Wildman–Crippen LogP) is 11.3. The molecular weight excluding hydrogens is 813 g/mol. The van der Waals surface area contributed by atoms with E-state index >= 15 is 0 Å². The number of carboxylic acid groups (broad SMARTS) is 2. The first-order chi connectivity index (χ1) is 32.5. The molecular formula is C60H104N2O4. The van der Waals surface area contributed by atoms with Gasteiger partial charge in [0.15, 0.2) is 0 Å². The van der Waals surface area contributed by atoms with Crippen LogP contribution in [0.5, 0.6) is 0 Å². The van der Waals surface area contributed by atoms with Crippen LogP contribution in [0, 0.1) is 59.2 Å². The molecule has 0 atom stereocenters. The Kier molecular flexibility index (Phi) is 52.3. The van der Waals surface area contributed by atoms with Crippen LogP contribution in [-0.4, -0.2) is 38.1 Å². The number of hydrogen-bond donors (Lipinski definition) is 2. The van der Waals surface area contributed by atoms with Crippen molar-refractivity contribution < 1.29 is 30.4 Å². The smallest absolute Gasteiger partial charge is 0.0758 e. The fraction of sp³-hybridized carbons (Fsp3) is 0.833. The van der Waals surface area contributed by atoms with Gasteiger partial charge in [-0.05, 0) is 113 Å². The van der Waals surface area contributed by atoms with E-state index in [9.17, 15) is 19.8 Å². The zero-order valence-corrected chi connectivity index (χ0v) is 43.5. The van der Waals surface area contributed by atoms with Crippen molar-refractivity contribution in [1.29, 1.82) is 0 Å². The highest BCUT2D eigenvalue weighted by Crippen LogP contribution is 2.26. The van der Waals surface area contributed by atoms with E-state index in [1.165, 1.54) is 206 Å². The fourth-order valence-electron chi connectivity index (χ4n) is 9.06. The molecule has 0 aromatic heterocycles. The average Bonchev–Trinajstić information content (AvgIpc) is 3.33. The topological polar surface area (TPSA) is 113 Å². The number of hydrogen-bond acceptors (Lipinski definition) is 4. The van der Waals surface area contributed by atoms with Crippen molar-refractivity contribution in [2.75, 3.05) is 26.2 Å². The number of rotatable bonds is 37. The number of carbonyl (C=O) groups is 2. The molecule has 6 nitrogen and oxygen atoms in total. The first-order valence-corrected chi connectivity index (χ1v) is 28.5. The maximum Gasteiger partial charge on any atom is 0.0758 e. The highest BCUT2D eigenvalue weighted by molar-refractivity contribution is 5.64. The van der Waals surface area contributed by atoms with Gasteiger partial charge in [-0.1, -0.05) is 204 Å². The average molecular weight is 918 g/mol. The van der Waals surface area contributed by atoms with Crippen molar-refractivity contribution in [3.63, 3.8) is 0 Å². The molecule has 2 fully saturated rings. The molecule has 0 amide bonds. The van der Waals surface area contributed by atoms with Crippen LogP contribution in [0.15, 0.2) is 0 Å². The molecule has 2 rings (SSSR count). The van der Waals surface area contributed by atoms with Crippen LogP contribution in [0.1, 0.15) is 284 Å². The number of carboxylic acids is 2. The second-order valence-corrected chi connectivity index (χ2v) is 19.5. The quantitative estimate of drug-likeness (QED) is 0.0477. The van der Waals surface area contributed by atoms with E-state index in [0.29, 0.717) is 0 Å². The van der Waals surface area contributed by atoms with E-state index in [4.69, 9.17) is 0 Å². The minimum absolute atomic E-state index is 0.198. The lowest BCUT2D eigenvalue weighted by Gasteiger charge is -2.30. The molecule has 0 saturated carbocycles. The molecule has 0 aromatic carbocycles. The summed E-state index contributed by atoms with van der Waals surface area (Å²) in [7, 11) is 0. The van der Waals surface area contributed by atoms with Gasteiger partial charge in [-0.3, -0.25) is 0 Å². The third kappa shape index (κ3) is 52.1. The van der Waals surface area contributed by atoms with Gasteiger partial charge in [0.2, 0.25) is 0 Å². The van der Waals surface area contributed by atoms with Crippen LogP contribution < -0.4 is 20.8 Å². The molecule has 0 aromatic rings. The maximum atomic E-state index is 10.3. The van der Waals surface area contributed by atoms with Crippen LogP contribution in [-0.2, 0) is 9.59 Å². The molecule has 378 valence electrons. The summed E-state index contributed by atoms with van der Waals surface area (Å²) in [6, 6.07) is 0. The maximum absolute atomic E-state index is 10.3. The van der Waals surface area contributed by atoms with E-state index in [-0.39, 0.29) is 12.8 Å². The summed E-state index contributed by atoms with van der Waals surface area (Å²) in [6.07, 6.45) is 50.1. The number of aliphatic carboxylic acids is 2. The molecule has 0 radical (unpaired) electrons. The first-order valence-electron chi connectivity index (χ1n) is 28.5. The van der Waals surface area contributed by atoms with E-state index in [0.717, 1.165) is 88.9 Å². The van der Waals surface area contributed by atoms with Gasteiger partial charge in [-0.2, -0.15) is 0 Å². The normalized spacial score (nSPS) is 13.4. The monoisotopic (exact) mass is 917 g/mol. The van der Waals surface area contributed by atoms with E-state index < -0.39 is 11.9 Å². The molecule has 0 spiro atoms. The van der Waals surface area contributed by atoms with Crippen molar-refractivity contribution in [2.45, 2.75) is 284 Å². The lowest BCUT2D eigenvalue weighted by atomic mass is 9.80. The van der Waals surface area contributed by atoms with E-state index in [1.807, 2.05) is 0 Å². The van der Waals surface area contributed by atoms with Crippen molar-refractivity contribution in [1.82, 2.24) is 0 Å². The first kappa shape index (κ1) is 63.1. The van der Waals surface area contributed by atoms with Crippen LogP contribution >= 0.6 is 0 Å². The zero-order valence-electron chi connectivity index (χ0n) is 43.5. The molecule has 66 heavy (non-hydrogen) atoms. The number of piperidine rings is 2. The van der Waals surface area contributed by atoms with Gasteiger partial charge in [-0.25, -0.2) is 0 Å². The molecule has 0 aliphatic carbocycles. The standard InChI is InChI=1S/2C25H42O2.C10H20N2/c2*1-2-3-4-5-6-7-8-9-10-11-12-13-14-15-16-17-18-19-20-21-22-23-24-25(26)27;1-5-11-6-2-9(1)10-3-7-12-8-4-10/h2*2-12,17-24H2,1H3,(H,26,27);9-12H,1-8H2. The molecule has 0 unspecified atom stereocenters. The Bertz CT molecular complexity index is 1220. The van der Waals surface area contributed by atoms with Crippen molar-refractivity contribution in [2.24, 2.45) is 11.8 Å². The minimum Gasteiger partial charge on any atom is -0.550 e. The largest absolute Gasteiger partial charge is 0.550 e. The van der Waals surface area contributed by atoms with Gasteiger partial charge in [0, 0.05) is 37.6 Å².